The van der Waals surface area contributed by atoms with Gasteiger partial charge in [0.25, 0.3) is 0 Å². The molecule has 0 atom stereocenters. The maximum absolute atomic E-state index is 2.39. The Labute approximate surface area is 326 Å². The van der Waals surface area contributed by atoms with Crippen LogP contribution in [0.1, 0.15) is 11.1 Å². The average molecular weight is 713 g/mol. The fraction of sp³-hybridized carbons (Fsp3) is 0. The Morgan fingerprint density at radius 3 is 1.54 bits per heavy atom. The summed E-state index contributed by atoms with van der Waals surface area (Å²) in [4.78, 5) is 2.37. The van der Waals surface area contributed by atoms with Crippen molar-refractivity contribution in [2.45, 2.75) is 0 Å². The minimum absolute atomic E-state index is 1.09. The number of hydrogen-bond donors (Lipinski definition) is 0. The first-order valence-electron chi connectivity index (χ1n) is 19.3. The Morgan fingerprint density at radius 1 is 0.321 bits per heavy atom. The molecular weight excluding hydrogens is 677 g/mol. The number of para-hydroxylation sites is 2. The average Bonchev–Trinajstić information content (AvgIpc) is 3.85. The largest absolute Gasteiger partial charge is 0.310 e. The summed E-state index contributed by atoms with van der Waals surface area (Å²) in [6.07, 6.45) is 4.50. The van der Waals surface area contributed by atoms with E-state index in [1.807, 2.05) is 0 Å². The van der Waals surface area contributed by atoms with Gasteiger partial charge >= 0.3 is 0 Å². The van der Waals surface area contributed by atoms with E-state index in [1.54, 1.807) is 0 Å². The van der Waals surface area contributed by atoms with Gasteiger partial charge in [-0.05, 0) is 122 Å². The summed E-state index contributed by atoms with van der Waals surface area (Å²) in [5.74, 6) is 0. The molecule has 1 aliphatic rings. The van der Waals surface area contributed by atoms with Crippen LogP contribution in [-0.2, 0) is 0 Å². The van der Waals surface area contributed by atoms with E-state index in [-0.39, 0.29) is 0 Å². The quantitative estimate of drug-likeness (QED) is 0.160. The number of fused-ring (bicyclic) bond motifs is 3. The fourth-order valence-corrected chi connectivity index (χ4v) is 8.69. The molecular formula is C54H36N2. The predicted molar refractivity (Wildman–Crippen MR) is 238 cm³/mol. The molecule has 0 aliphatic heterocycles. The zero-order valence-electron chi connectivity index (χ0n) is 30.7. The highest BCUT2D eigenvalue weighted by Gasteiger charge is 2.19. The van der Waals surface area contributed by atoms with Gasteiger partial charge in [0.1, 0.15) is 0 Å². The van der Waals surface area contributed by atoms with E-state index in [1.165, 1.54) is 77.1 Å². The second kappa shape index (κ2) is 13.2. The highest BCUT2D eigenvalue weighted by Crippen LogP contribution is 2.42. The third-order valence-corrected chi connectivity index (χ3v) is 11.3. The van der Waals surface area contributed by atoms with Gasteiger partial charge in [-0.2, -0.15) is 0 Å². The molecule has 11 rings (SSSR count). The smallest absolute Gasteiger partial charge is 0.0541 e. The van der Waals surface area contributed by atoms with E-state index < -0.39 is 0 Å². The number of rotatable bonds is 7. The first-order chi connectivity index (χ1) is 27.8. The van der Waals surface area contributed by atoms with Gasteiger partial charge in [-0.1, -0.05) is 152 Å². The summed E-state index contributed by atoms with van der Waals surface area (Å²) in [5.41, 5.74) is 16.7. The number of hydrogen-bond acceptors (Lipinski definition) is 1. The normalized spacial score (nSPS) is 11.9. The van der Waals surface area contributed by atoms with Crippen molar-refractivity contribution in [3.8, 4) is 39.1 Å². The van der Waals surface area contributed by atoms with E-state index in [0.29, 0.717) is 0 Å². The van der Waals surface area contributed by atoms with Gasteiger partial charge in [0.2, 0.25) is 0 Å². The van der Waals surface area contributed by atoms with Gasteiger partial charge in [0, 0.05) is 33.5 Å². The van der Waals surface area contributed by atoms with Crippen LogP contribution in [0.4, 0.5) is 17.1 Å². The number of aromatic nitrogens is 1. The Morgan fingerprint density at radius 2 is 0.875 bits per heavy atom. The van der Waals surface area contributed by atoms with Crippen molar-refractivity contribution in [2.24, 2.45) is 0 Å². The van der Waals surface area contributed by atoms with Crippen LogP contribution < -0.4 is 4.90 Å². The van der Waals surface area contributed by atoms with Crippen LogP contribution >= 0.6 is 0 Å². The molecule has 9 aromatic carbocycles. The van der Waals surface area contributed by atoms with Crippen LogP contribution in [0.2, 0.25) is 0 Å². The summed E-state index contributed by atoms with van der Waals surface area (Å²) in [6.45, 7) is 0. The maximum atomic E-state index is 2.39. The summed E-state index contributed by atoms with van der Waals surface area (Å²) >= 11 is 0. The lowest BCUT2D eigenvalue weighted by molar-refractivity contribution is 1.17. The van der Waals surface area contributed by atoms with Gasteiger partial charge in [-0.15, -0.1) is 0 Å². The molecule has 0 unspecified atom stereocenters. The molecule has 2 nitrogen and oxygen atoms in total. The van der Waals surface area contributed by atoms with Crippen molar-refractivity contribution in [1.82, 2.24) is 4.57 Å². The lowest BCUT2D eigenvalue weighted by atomic mass is 9.91. The number of anilines is 3. The minimum atomic E-state index is 1.09. The molecule has 10 aromatic rings. The van der Waals surface area contributed by atoms with Crippen molar-refractivity contribution >= 4 is 61.8 Å². The number of nitrogens with zero attached hydrogens (tertiary/aromatic N) is 2. The summed E-state index contributed by atoms with van der Waals surface area (Å²) < 4.78 is 2.39. The lowest BCUT2D eigenvalue weighted by Gasteiger charge is -2.26. The lowest BCUT2D eigenvalue weighted by Crippen LogP contribution is -2.10. The summed E-state index contributed by atoms with van der Waals surface area (Å²) in [5, 5.41) is 5.14. The topological polar surface area (TPSA) is 8.17 Å². The zero-order chi connectivity index (χ0) is 37.0. The van der Waals surface area contributed by atoms with Gasteiger partial charge in [-0.3, -0.25) is 0 Å². The second-order valence-electron chi connectivity index (χ2n) is 14.6. The van der Waals surface area contributed by atoms with E-state index in [9.17, 15) is 0 Å². The van der Waals surface area contributed by atoms with Crippen molar-refractivity contribution in [1.29, 1.82) is 0 Å². The minimum Gasteiger partial charge on any atom is -0.310 e. The highest BCUT2D eigenvalue weighted by molar-refractivity contribution is 6.12. The summed E-state index contributed by atoms with van der Waals surface area (Å²) in [7, 11) is 0. The molecule has 1 aliphatic carbocycles. The summed E-state index contributed by atoms with van der Waals surface area (Å²) in [6, 6.07) is 74.9. The third-order valence-electron chi connectivity index (χ3n) is 11.3. The molecule has 0 fully saturated rings. The maximum Gasteiger partial charge on any atom is 0.0541 e. The predicted octanol–water partition coefficient (Wildman–Crippen LogP) is 14.9. The number of benzene rings is 9. The van der Waals surface area contributed by atoms with Crippen LogP contribution in [0.3, 0.4) is 0 Å². The van der Waals surface area contributed by atoms with E-state index in [2.05, 4.69) is 228 Å². The van der Waals surface area contributed by atoms with Gasteiger partial charge in [0.15, 0.2) is 0 Å². The monoisotopic (exact) mass is 712 g/mol. The molecule has 56 heavy (non-hydrogen) atoms. The van der Waals surface area contributed by atoms with Gasteiger partial charge in [0.05, 0.1) is 11.0 Å². The molecule has 0 N–H and O–H groups in total. The molecule has 0 spiro atoms. The highest BCUT2D eigenvalue weighted by atomic mass is 15.1. The van der Waals surface area contributed by atoms with Crippen molar-refractivity contribution in [2.75, 3.05) is 4.90 Å². The van der Waals surface area contributed by atoms with Crippen LogP contribution in [0.15, 0.2) is 206 Å². The molecule has 0 amide bonds. The van der Waals surface area contributed by atoms with Crippen molar-refractivity contribution < 1.29 is 0 Å². The first kappa shape index (κ1) is 32.0. The first-order valence-corrected chi connectivity index (χ1v) is 19.3. The molecule has 0 bridgehead atoms. The SMILES string of the molecule is C1=Cc2cc(-c3ccc(N(c4ccc(-c5ccccc5)cc4)c4cccc(-n5c6ccccc6c6ccccc65)c4)cc3)cc3c(-c4ccccc4)ccc1c23. The van der Waals surface area contributed by atoms with Crippen LogP contribution in [0, 0.1) is 0 Å². The zero-order valence-corrected chi connectivity index (χ0v) is 30.7. The van der Waals surface area contributed by atoms with E-state index >= 15 is 0 Å². The Balaban J connectivity index is 1.04. The second-order valence-corrected chi connectivity index (χ2v) is 14.6. The van der Waals surface area contributed by atoms with Crippen LogP contribution in [0.25, 0.3) is 83.8 Å². The molecule has 0 saturated carbocycles. The molecule has 262 valence electrons. The molecule has 0 radical (unpaired) electrons. The molecule has 0 saturated heterocycles. The molecule has 1 heterocycles. The fourth-order valence-electron chi connectivity index (χ4n) is 8.69. The van der Waals surface area contributed by atoms with Crippen molar-refractivity contribution in [3.05, 3.63) is 217 Å². The standard InChI is InChI=1S/C54H36N2/c1-3-12-37(13-4-1)38-24-29-44(30-25-38)55(46-16-11-17-47(36-46)56-52-20-9-7-18-49(52)50-19-8-10-21-53(50)56)45-31-26-39(27-32-45)43-34-42-23-22-41-28-33-48(51(35-43)54(41)42)40-14-5-2-6-15-40/h1-36H. The Kier molecular flexibility index (Phi) is 7.53. The van der Waals surface area contributed by atoms with Crippen LogP contribution in [0.5, 0.6) is 0 Å². The van der Waals surface area contributed by atoms with Gasteiger partial charge in [-0.25, -0.2) is 0 Å². The van der Waals surface area contributed by atoms with E-state index in [0.717, 1.165) is 22.7 Å². The molecule has 1 aromatic heterocycles. The van der Waals surface area contributed by atoms with Gasteiger partial charge < -0.3 is 9.47 Å². The van der Waals surface area contributed by atoms with Crippen molar-refractivity contribution in [3.63, 3.8) is 0 Å². The van der Waals surface area contributed by atoms with Crippen LogP contribution in [-0.4, -0.2) is 4.57 Å². The third kappa shape index (κ3) is 5.34. The molecule has 2 heteroatoms. The Hall–Kier alpha value is -7.42. The van der Waals surface area contributed by atoms with E-state index in [4.69, 9.17) is 0 Å². The Bertz CT molecular complexity index is 3050.